The molecule has 1 aliphatic rings. The third-order valence-electron chi connectivity index (χ3n) is 3.71. The average Bonchev–Trinajstić information content (AvgIpc) is 2.89. The van der Waals surface area contributed by atoms with Crippen molar-refractivity contribution >= 4 is 17.3 Å². The van der Waals surface area contributed by atoms with Gasteiger partial charge in [0.2, 0.25) is 5.91 Å². The smallest absolute Gasteiger partial charge is 0.250 e. The fourth-order valence-electron chi connectivity index (χ4n) is 2.78. The molecule has 4 heteroatoms. The average molecular weight is 282 g/mol. The van der Waals surface area contributed by atoms with Gasteiger partial charge in [0.05, 0.1) is 0 Å². The Morgan fingerprint density at radius 3 is 2.38 bits per heavy atom. The standard InChI is InChI=1S/C17H18N2O2/c20-11-17(21)19-15-7-3-6-14(10-15)18-16-8-12-4-1-2-5-13(12)9-16/h1-7,10,16,18,20H,8-9,11H2,(H,19,21). The molecule has 0 aromatic heterocycles. The molecule has 0 spiro atoms. The summed E-state index contributed by atoms with van der Waals surface area (Å²) in [7, 11) is 0. The number of hydrogen-bond donors (Lipinski definition) is 3. The Balaban J connectivity index is 1.66. The lowest BCUT2D eigenvalue weighted by Gasteiger charge is -2.14. The quantitative estimate of drug-likeness (QED) is 0.805. The largest absolute Gasteiger partial charge is 0.387 e. The van der Waals surface area contributed by atoms with E-state index < -0.39 is 12.5 Å². The number of amides is 1. The highest BCUT2D eigenvalue weighted by Gasteiger charge is 2.20. The molecule has 0 fully saturated rings. The summed E-state index contributed by atoms with van der Waals surface area (Å²) in [6.07, 6.45) is 2.03. The van der Waals surface area contributed by atoms with Crippen LogP contribution in [0.5, 0.6) is 0 Å². The van der Waals surface area contributed by atoms with Gasteiger partial charge in [0.15, 0.2) is 0 Å². The van der Waals surface area contributed by atoms with Gasteiger partial charge in [-0.25, -0.2) is 0 Å². The molecule has 0 heterocycles. The zero-order chi connectivity index (χ0) is 14.7. The maximum atomic E-state index is 11.2. The summed E-state index contributed by atoms with van der Waals surface area (Å²) >= 11 is 0. The fourth-order valence-corrected chi connectivity index (χ4v) is 2.78. The summed E-state index contributed by atoms with van der Waals surface area (Å²) in [5.41, 5.74) is 4.47. The number of hydrogen-bond acceptors (Lipinski definition) is 3. The van der Waals surface area contributed by atoms with Gasteiger partial charge >= 0.3 is 0 Å². The minimum atomic E-state index is -0.504. The minimum absolute atomic E-state index is 0.381. The summed E-state index contributed by atoms with van der Waals surface area (Å²) in [5, 5.41) is 14.9. The molecule has 108 valence electrons. The van der Waals surface area contributed by atoms with Crippen LogP contribution in [0.25, 0.3) is 0 Å². The Morgan fingerprint density at radius 1 is 1.05 bits per heavy atom. The van der Waals surface area contributed by atoms with E-state index in [2.05, 4.69) is 34.9 Å². The SMILES string of the molecule is O=C(CO)Nc1cccc(NC2Cc3ccccc3C2)c1. The number of aliphatic hydroxyl groups excluding tert-OH is 1. The predicted octanol–water partition coefficient (Wildman–Crippen LogP) is 2.20. The van der Waals surface area contributed by atoms with Crippen molar-refractivity contribution in [3.8, 4) is 0 Å². The van der Waals surface area contributed by atoms with Crippen molar-refractivity contribution in [3.63, 3.8) is 0 Å². The molecule has 3 rings (SSSR count). The van der Waals surface area contributed by atoms with Crippen LogP contribution in [0.1, 0.15) is 11.1 Å². The number of nitrogens with one attached hydrogen (secondary N) is 2. The van der Waals surface area contributed by atoms with Gasteiger partial charge in [-0.2, -0.15) is 0 Å². The Labute approximate surface area is 123 Å². The first-order chi connectivity index (χ1) is 10.2. The van der Waals surface area contributed by atoms with E-state index in [0.717, 1.165) is 18.5 Å². The van der Waals surface area contributed by atoms with E-state index in [1.807, 2.05) is 24.3 Å². The number of benzene rings is 2. The summed E-state index contributed by atoms with van der Waals surface area (Å²) in [6, 6.07) is 16.4. The van der Waals surface area contributed by atoms with Crippen molar-refractivity contribution in [2.24, 2.45) is 0 Å². The molecule has 2 aromatic rings. The van der Waals surface area contributed by atoms with Gasteiger partial charge in [-0.3, -0.25) is 4.79 Å². The number of fused-ring (bicyclic) bond motifs is 1. The molecule has 1 aliphatic carbocycles. The van der Waals surface area contributed by atoms with Crippen LogP contribution in [0.3, 0.4) is 0 Å². The van der Waals surface area contributed by atoms with Gasteiger partial charge < -0.3 is 15.7 Å². The van der Waals surface area contributed by atoms with Crippen LogP contribution in [0.4, 0.5) is 11.4 Å². The minimum Gasteiger partial charge on any atom is -0.387 e. The summed E-state index contributed by atoms with van der Waals surface area (Å²) < 4.78 is 0. The van der Waals surface area contributed by atoms with Crippen LogP contribution in [-0.4, -0.2) is 23.7 Å². The summed E-state index contributed by atoms with van der Waals surface area (Å²) in [4.78, 5) is 11.2. The van der Waals surface area contributed by atoms with Crippen molar-refractivity contribution in [1.29, 1.82) is 0 Å². The van der Waals surface area contributed by atoms with Crippen molar-refractivity contribution < 1.29 is 9.90 Å². The number of anilines is 2. The van der Waals surface area contributed by atoms with Crippen molar-refractivity contribution in [1.82, 2.24) is 0 Å². The molecule has 0 unspecified atom stereocenters. The van der Waals surface area contributed by atoms with E-state index in [1.165, 1.54) is 11.1 Å². The molecule has 3 N–H and O–H groups in total. The van der Waals surface area contributed by atoms with E-state index in [9.17, 15) is 4.79 Å². The van der Waals surface area contributed by atoms with Gasteiger partial charge in [-0.15, -0.1) is 0 Å². The van der Waals surface area contributed by atoms with Gasteiger partial charge in [0, 0.05) is 17.4 Å². The molecular weight excluding hydrogens is 264 g/mol. The zero-order valence-corrected chi connectivity index (χ0v) is 11.7. The number of carbonyl (C=O) groups is 1. The maximum Gasteiger partial charge on any atom is 0.250 e. The molecule has 4 nitrogen and oxygen atoms in total. The van der Waals surface area contributed by atoms with E-state index in [-0.39, 0.29) is 0 Å². The lowest BCUT2D eigenvalue weighted by atomic mass is 10.1. The monoisotopic (exact) mass is 282 g/mol. The molecule has 0 aliphatic heterocycles. The van der Waals surface area contributed by atoms with Gasteiger partial charge in [0.1, 0.15) is 6.61 Å². The number of aliphatic hydroxyl groups is 1. The Bertz CT molecular complexity index is 630. The molecular formula is C17H18N2O2. The lowest BCUT2D eigenvalue weighted by Crippen LogP contribution is -2.20. The van der Waals surface area contributed by atoms with Crippen LogP contribution >= 0.6 is 0 Å². The molecule has 2 aromatic carbocycles. The van der Waals surface area contributed by atoms with E-state index >= 15 is 0 Å². The second-order valence-electron chi connectivity index (χ2n) is 5.31. The zero-order valence-electron chi connectivity index (χ0n) is 11.7. The van der Waals surface area contributed by atoms with Crippen molar-refractivity contribution in [2.75, 3.05) is 17.2 Å². The third-order valence-corrected chi connectivity index (χ3v) is 3.71. The normalized spacial score (nSPS) is 13.8. The number of carbonyl (C=O) groups excluding carboxylic acids is 1. The second kappa shape index (κ2) is 5.97. The summed E-state index contributed by atoms with van der Waals surface area (Å²) in [5.74, 6) is -0.402. The Kier molecular flexibility index (Phi) is 3.88. The van der Waals surface area contributed by atoms with Gasteiger partial charge in [-0.1, -0.05) is 30.3 Å². The molecule has 0 radical (unpaired) electrons. The van der Waals surface area contributed by atoms with Crippen molar-refractivity contribution in [3.05, 3.63) is 59.7 Å². The van der Waals surface area contributed by atoms with E-state index in [1.54, 1.807) is 0 Å². The molecule has 0 atom stereocenters. The fraction of sp³-hybridized carbons (Fsp3) is 0.235. The second-order valence-corrected chi connectivity index (χ2v) is 5.31. The topological polar surface area (TPSA) is 61.4 Å². The van der Waals surface area contributed by atoms with Crippen LogP contribution in [-0.2, 0) is 17.6 Å². The van der Waals surface area contributed by atoms with E-state index in [4.69, 9.17) is 5.11 Å². The molecule has 21 heavy (non-hydrogen) atoms. The van der Waals surface area contributed by atoms with Crippen LogP contribution in [0.2, 0.25) is 0 Å². The highest BCUT2D eigenvalue weighted by Crippen LogP contribution is 2.25. The van der Waals surface area contributed by atoms with E-state index in [0.29, 0.717) is 11.7 Å². The predicted molar refractivity (Wildman–Crippen MR) is 83.4 cm³/mol. The van der Waals surface area contributed by atoms with Crippen molar-refractivity contribution in [2.45, 2.75) is 18.9 Å². The molecule has 0 saturated heterocycles. The Hall–Kier alpha value is -2.33. The van der Waals surface area contributed by atoms with Crippen LogP contribution in [0, 0.1) is 0 Å². The lowest BCUT2D eigenvalue weighted by molar-refractivity contribution is -0.118. The maximum absolute atomic E-state index is 11.2. The Morgan fingerprint density at radius 2 is 1.71 bits per heavy atom. The summed E-state index contributed by atoms with van der Waals surface area (Å²) in [6.45, 7) is -0.504. The molecule has 0 bridgehead atoms. The van der Waals surface area contributed by atoms with Gasteiger partial charge in [-0.05, 0) is 42.2 Å². The van der Waals surface area contributed by atoms with Gasteiger partial charge in [0.25, 0.3) is 0 Å². The highest BCUT2D eigenvalue weighted by atomic mass is 16.3. The highest BCUT2D eigenvalue weighted by molar-refractivity contribution is 5.91. The molecule has 0 saturated carbocycles. The number of rotatable bonds is 4. The van der Waals surface area contributed by atoms with Crippen LogP contribution in [0.15, 0.2) is 48.5 Å². The third kappa shape index (κ3) is 3.23. The first kappa shape index (κ1) is 13.6. The first-order valence-electron chi connectivity index (χ1n) is 7.08. The van der Waals surface area contributed by atoms with Crippen LogP contribution < -0.4 is 10.6 Å². The first-order valence-corrected chi connectivity index (χ1v) is 7.08. The molecule has 1 amide bonds.